The molecule has 0 bridgehead atoms. The molecule has 0 unspecified atom stereocenters. The van der Waals surface area contributed by atoms with Gasteiger partial charge < -0.3 is 19.9 Å². The zero-order chi connectivity index (χ0) is 22.5. The molecule has 1 aliphatic carbocycles. The molecule has 2 N–H and O–H groups in total. The van der Waals surface area contributed by atoms with E-state index in [0.717, 1.165) is 12.8 Å². The second-order valence-corrected chi connectivity index (χ2v) is 7.79. The molecule has 1 saturated carbocycles. The number of rotatable bonds is 9. The second kappa shape index (κ2) is 9.78. The van der Waals surface area contributed by atoms with Crippen molar-refractivity contribution in [3.8, 4) is 22.8 Å². The predicted octanol–water partition coefficient (Wildman–Crippen LogP) is 4.11. The van der Waals surface area contributed by atoms with Gasteiger partial charge in [-0.1, -0.05) is 12.1 Å². The monoisotopic (exact) mass is 436 g/mol. The van der Waals surface area contributed by atoms with Crippen molar-refractivity contribution in [2.45, 2.75) is 26.0 Å². The zero-order valence-corrected chi connectivity index (χ0v) is 17.8. The average Bonchev–Trinajstić information content (AvgIpc) is 3.66. The number of aliphatic hydroxyl groups excluding tert-OH is 1. The molecule has 2 aromatic carbocycles. The molecule has 32 heavy (non-hydrogen) atoms. The van der Waals surface area contributed by atoms with Crippen LogP contribution in [0.2, 0.25) is 0 Å². The van der Waals surface area contributed by atoms with Crippen molar-refractivity contribution in [1.82, 2.24) is 10.3 Å². The minimum atomic E-state index is -0.485. The Kier molecular flexibility index (Phi) is 6.66. The Morgan fingerprint density at radius 2 is 2.00 bits per heavy atom. The Balaban J connectivity index is 1.58. The molecule has 0 atom stereocenters. The summed E-state index contributed by atoms with van der Waals surface area (Å²) >= 11 is 0. The number of pyridine rings is 1. The molecule has 6 nitrogen and oxygen atoms in total. The van der Waals surface area contributed by atoms with E-state index < -0.39 is 5.82 Å². The van der Waals surface area contributed by atoms with Crippen LogP contribution in [0, 0.1) is 11.7 Å². The number of ether oxygens (including phenoxy) is 2. The lowest BCUT2D eigenvalue weighted by Crippen LogP contribution is -2.24. The number of amides is 1. The van der Waals surface area contributed by atoms with Gasteiger partial charge >= 0.3 is 0 Å². The molecule has 7 heteroatoms. The zero-order valence-electron chi connectivity index (χ0n) is 17.8. The molecule has 166 valence electrons. The topological polar surface area (TPSA) is 80.7 Å². The summed E-state index contributed by atoms with van der Waals surface area (Å²) in [5.74, 6) is 0.348. The number of nitrogens with zero attached hydrogens (tertiary/aromatic N) is 1. The number of hydrogen-bond acceptors (Lipinski definition) is 5. The number of halogens is 1. The van der Waals surface area contributed by atoms with Crippen molar-refractivity contribution in [2.75, 3.05) is 13.7 Å². The predicted molar refractivity (Wildman–Crippen MR) is 118 cm³/mol. The summed E-state index contributed by atoms with van der Waals surface area (Å²) in [7, 11) is 1.40. The van der Waals surface area contributed by atoms with E-state index in [-0.39, 0.29) is 24.8 Å². The van der Waals surface area contributed by atoms with Crippen LogP contribution < -0.4 is 14.8 Å². The molecule has 0 radical (unpaired) electrons. The van der Waals surface area contributed by atoms with Crippen LogP contribution in [0.1, 0.15) is 34.3 Å². The van der Waals surface area contributed by atoms with E-state index in [0.29, 0.717) is 46.2 Å². The molecule has 4 rings (SSSR count). The van der Waals surface area contributed by atoms with Gasteiger partial charge in [-0.3, -0.25) is 9.78 Å². The van der Waals surface area contributed by atoms with Gasteiger partial charge in [0.15, 0.2) is 11.6 Å². The number of methoxy groups -OCH3 is 1. The van der Waals surface area contributed by atoms with E-state index in [2.05, 4.69) is 10.3 Å². The number of nitrogens with one attached hydrogen (secondary N) is 1. The van der Waals surface area contributed by atoms with Crippen molar-refractivity contribution in [3.63, 3.8) is 0 Å². The first-order chi connectivity index (χ1) is 15.6. The van der Waals surface area contributed by atoms with E-state index in [1.165, 1.54) is 19.2 Å². The van der Waals surface area contributed by atoms with Crippen LogP contribution in [-0.2, 0) is 13.2 Å². The third-order valence-electron chi connectivity index (χ3n) is 5.40. The van der Waals surface area contributed by atoms with Crippen molar-refractivity contribution in [1.29, 1.82) is 0 Å². The lowest BCUT2D eigenvalue weighted by Gasteiger charge is -2.14. The van der Waals surface area contributed by atoms with E-state index >= 15 is 0 Å². The van der Waals surface area contributed by atoms with E-state index in [1.54, 1.807) is 36.5 Å². The van der Waals surface area contributed by atoms with Crippen molar-refractivity contribution < 1.29 is 23.8 Å². The standard InChI is InChI=1S/C25H25FN2O4/c1-31-23-8-6-17(11-21(23)26)13-28-25(30)20-12-18(24-19(14-29)3-2-10-27-24)7-9-22(20)32-15-16-4-5-16/h2-3,6-12,16,29H,4-5,13-15H2,1H3,(H,28,30). The average molecular weight is 436 g/mol. The lowest BCUT2D eigenvalue weighted by atomic mass is 10.0. The van der Waals surface area contributed by atoms with Crippen LogP contribution >= 0.6 is 0 Å². The van der Waals surface area contributed by atoms with Gasteiger partial charge in [0.25, 0.3) is 5.91 Å². The fourth-order valence-electron chi connectivity index (χ4n) is 3.40. The van der Waals surface area contributed by atoms with Crippen LogP contribution in [0.5, 0.6) is 11.5 Å². The third-order valence-corrected chi connectivity index (χ3v) is 5.40. The summed E-state index contributed by atoms with van der Waals surface area (Å²) in [5, 5.41) is 12.5. The first-order valence-corrected chi connectivity index (χ1v) is 10.5. The van der Waals surface area contributed by atoms with Crippen molar-refractivity contribution >= 4 is 5.91 Å². The SMILES string of the molecule is COc1ccc(CNC(=O)c2cc(-c3ncccc3CO)ccc2OCC2CC2)cc1F. The van der Waals surface area contributed by atoms with E-state index in [4.69, 9.17) is 9.47 Å². The molecule has 0 saturated heterocycles. The van der Waals surface area contributed by atoms with E-state index in [1.807, 2.05) is 6.07 Å². The highest BCUT2D eigenvalue weighted by Gasteiger charge is 2.23. The van der Waals surface area contributed by atoms with Crippen LogP contribution in [0.4, 0.5) is 4.39 Å². The smallest absolute Gasteiger partial charge is 0.255 e. The van der Waals surface area contributed by atoms with Crippen LogP contribution in [0.3, 0.4) is 0 Å². The van der Waals surface area contributed by atoms with Gasteiger partial charge in [0, 0.05) is 23.9 Å². The highest BCUT2D eigenvalue weighted by atomic mass is 19.1. The van der Waals surface area contributed by atoms with Crippen LogP contribution in [0.15, 0.2) is 54.7 Å². The maximum Gasteiger partial charge on any atom is 0.255 e. The molecule has 1 amide bonds. The quantitative estimate of drug-likeness (QED) is 0.528. The summed E-state index contributed by atoms with van der Waals surface area (Å²) in [6.07, 6.45) is 3.91. The number of carbonyl (C=O) groups excluding carboxylic acids is 1. The highest BCUT2D eigenvalue weighted by Crippen LogP contribution is 2.32. The molecule has 3 aromatic rings. The summed E-state index contributed by atoms with van der Waals surface area (Å²) < 4.78 is 24.8. The molecule has 1 heterocycles. The van der Waals surface area contributed by atoms with Gasteiger partial charge in [-0.25, -0.2) is 4.39 Å². The number of benzene rings is 2. The maximum atomic E-state index is 14.0. The fourth-order valence-corrected chi connectivity index (χ4v) is 3.40. The van der Waals surface area contributed by atoms with Gasteiger partial charge in [-0.2, -0.15) is 0 Å². The van der Waals surface area contributed by atoms with Gasteiger partial charge in [0.05, 0.1) is 31.6 Å². The van der Waals surface area contributed by atoms with Crippen molar-refractivity contribution in [2.24, 2.45) is 5.92 Å². The van der Waals surface area contributed by atoms with Crippen LogP contribution in [0.25, 0.3) is 11.3 Å². The molecular formula is C25H25FN2O4. The molecule has 0 aliphatic heterocycles. The summed E-state index contributed by atoms with van der Waals surface area (Å²) in [5.41, 5.74) is 2.95. The molecule has 1 aliphatic rings. The van der Waals surface area contributed by atoms with Gasteiger partial charge in [-0.15, -0.1) is 0 Å². The summed E-state index contributed by atoms with van der Waals surface area (Å²) in [6.45, 7) is 0.556. The Labute approximate surface area is 186 Å². The Morgan fingerprint density at radius 1 is 1.19 bits per heavy atom. The normalized spacial score (nSPS) is 13.0. The molecule has 1 fully saturated rings. The highest BCUT2D eigenvalue weighted by molar-refractivity contribution is 5.98. The van der Waals surface area contributed by atoms with Crippen LogP contribution in [-0.4, -0.2) is 29.7 Å². The third kappa shape index (κ3) is 5.06. The minimum Gasteiger partial charge on any atom is -0.494 e. The summed E-state index contributed by atoms with van der Waals surface area (Å²) in [6, 6.07) is 13.4. The lowest BCUT2D eigenvalue weighted by molar-refractivity contribution is 0.0946. The summed E-state index contributed by atoms with van der Waals surface area (Å²) in [4.78, 5) is 17.4. The molecule has 0 spiro atoms. The maximum absolute atomic E-state index is 14.0. The molecular weight excluding hydrogens is 411 g/mol. The van der Waals surface area contributed by atoms with Gasteiger partial charge in [0.1, 0.15) is 5.75 Å². The van der Waals surface area contributed by atoms with E-state index in [9.17, 15) is 14.3 Å². The second-order valence-electron chi connectivity index (χ2n) is 7.79. The number of carbonyl (C=O) groups is 1. The Hall–Kier alpha value is -3.45. The Bertz CT molecular complexity index is 1110. The minimum absolute atomic E-state index is 0.150. The largest absolute Gasteiger partial charge is 0.494 e. The Morgan fingerprint density at radius 3 is 2.72 bits per heavy atom. The number of aromatic nitrogens is 1. The first kappa shape index (κ1) is 21.8. The molecule has 1 aromatic heterocycles. The van der Waals surface area contributed by atoms with Gasteiger partial charge in [0.2, 0.25) is 0 Å². The fraction of sp³-hybridized carbons (Fsp3) is 0.280. The first-order valence-electron chi connectivity index (χ1n) is 10.5. The van der Waals surface area contributed by atoms with Crippen molar-refractivity contribution in [3.05, 3.63) is 77.2 Å². The number of hydrogen-bond donors (Lipinski definition) is 2. The van der Waals surface area contributed by atoms with Gasteiger partial charge in [-0.05, 0) is 60.7 Å². The number of aliphatic hydroxyl groups is 1.